The molecule has 0 saturated heterocycles. The lowest BCUT2D eigenvalue weighted by molar-refractivity contribution is -0.111. The van der Waals surface area contributed by atoms with Gasteiger partial charge in [-0.15, -0.1) is 0 Å². The first-order valence-electron chi connectivity index (χ1n) is 8.62. The molecule has 1 aliphatic carbocycles. The lowest BCUT2D eigenvalue weighted by Crippen LogP contribution is -2.45. The first-order chi connectivity index (χ1) is 13.4. The fraction of sp³-hybridized carbons (Fsp3) is 0.227. The number of amides is 1. The van der Waals surface area contributed by atoms with Gasteiger partial charge in [-0.05, 0) is 34.9 Å². The van der Waals surface area contributed by atoms with Gasteiger partial charge in [-0.25, -0.2) is 17.6 Å². The zero-order chi connectivity index (χ0) is 20.7. The lowest BCUT2D eigenvalue weighted by Gasteiger charge is -2.39. The zero-order valence-corrected chi connectivity index (χ0v) is 15.2. The number of benzene rings is 1. The highest BCUT2D eigenvalue weighted by Gasteiger charge is 2.39. The molecule has 0 radical (unpaired) electrons. The van der Waals surface area contributed by atoms with E-state index in [1.54, 1.807) is 6.08 Å². The van der Waals surface area contributed by atoms with E-state index in [4.69, 9.17) is 0 Å². The first kappa shape index (κ1) is 21.4. The summed E-state index contributed by atoms with van der Waals surface area (Å²) in [6.07, 6.45) is 2.62. The maximum atomic E-state index is 14.3. The maximum Gasteiger partial charge on any atom is 0.263 e. The van der Waals surface area contributed by atoms with Crippen molar-refractivity contribution >= 4 is 6.41 Å². The molecule has 1 amide bonds. The largest absolute Gasteiger partial charge is 0.345 e. The smallest absolute Gasteiger partial charge is 0.263 e. The fourth-order valence-corrected chi connectivity index (χ4v) is 3.34. The molecule has 0 saturated carbocycles. The van der Waals surface area contributed by atoms with E-state index in [0.717, 1.165) is 6.08 Å². The van der Waals surface area contributed by atoms with E-state index in [0.29, 0.717) is 17.5 Å². The third-order valence-corrected chi connectivity index (χ3v) is 4.64. The normalized spacial score (nSPS) is 19.3. The van der Waals surface area contributed by atoms with Crippen LogP contribution in [-0.2, 0) is 10.3 Å². The van der Waals surface area contributed by atoms with Crippen molar-refractivity contribution in [1.82, 2.24) is 5.32 Å². The summed E-state index contributed by atoms with van der Waals surface area (Å²) in [4.78, 5) is 11.5. The number of nitrogens with one attached hydrogen (secondary N) is 1. The number of hydrogen-bond donors (Lipinski definition) is 1. The molecule has 1 N–H and O–H groups in total. The Labute approximate surface area is 161 Å². The third kappa shape index (κ3) is 4.68. The molecule has 0 aliphatic heterocycles. The number of alkyl halides is 3. The quantitative estimate of drug-likeness (QED) is 0.345. The Kier molecular flexibility index (Phi) is 7.15. The number of hydrogen-bond acceptors (Lipinski definition) is 1. The van der Waals surface area contributed by atoms with Gasteiger partial charge in [-0.1, -0.05) is 49.6 Å². The third-order valence-electron chi connectivity index (χ3n) is 4.64. The molecular weight excluding hydrogens is 370 g/mol. The minimum atomic E-state index is -2.86. The van der Waals surface area contributed by atoms with E-state index in [1.807, 2.05) is 0 Å². The predicted molar refractivity (Wildman–Crippen MR) is 102 cm³/mol. The molecule has 0 fully saturated rings. The average molecular weight is 391 g/mol. The Bertz CT molecular complexity index is 823. The van der Waals surface area contributed by atoms with Crippen molar-refractivity contribution in [3.8, 4) is 0 Å². The molecule has 6 heteroatoms. The summed E-state index contributed by atoms with van der Waals surface area (Å²) in [6.45, 7) is 7.34. The van der Waals surface area contributed by atoms with E-state index in [2.05, 4.69) is 18.5 Å². The predicted octanol–water partition coefficient (Wildman–Crippen LogP) is 5.32. The molecule has 148 valence electrons. The standard InChI is InChI=1S/C22H21F4NO/c1-3-5-15(4-2)13-22(27-14-28,17-6-8-19(23)9-7-17)18-10-16(21(25)26)11-20(24)12-18/h3-11,14,20-21H,1-2,12-13H2,(H,27,28)/t20?,22-/m1/s1. The monoisotopic (exact) mass is 391 g/mol. The number of carbonyl (C=O) groups excluding carboxylic acids is 1. The van der Waals surface area contributed by atoms with Gasteiger partial charge in [-0.2, -0.15) is 0 Å². The van der Waals surface area contributed by atoms with E-state index >= 15 is 0 Å². The van der Waals surface area contributed by atoms with Crippen LogP contribution >= 0.6 is 0 Å². The van der Waals surface area contributed by atoms with Crippen molar-refractivity contribution in [2.24, 2.45) is 0 Å². The van der Waals surface area contributed by atoms with Crippen molar-refractivity contribution in [3.63, 3.8) is 0 Å². The Morgan fingerprint density at radius 2 is 1.96 bits per heavy atom. The Morgan fingerprint density at radius 3 is 2.50 bits per heavy atom. The van der Waals surface area contributed by atoms with Crippen LogP contribution in [0.5, 0.6) is 0 Å². The SMILES string of the molecule is C=CC=C(C=C)C[C@](NC=O)(C1=CC(C(F)F)=CC(F)C1)c1ccc(F)cc1. The van der Waals surface area contributed by atoms with Crippen LogP contribution in [0.2, 0.25) is 0 Å². The Balaban J connectivity index is 2.71. The van der Waals surface area contributed by atoms with Gasteiger partial charge < -0.3 is 5.32 Å². The van der Waals surface area contributed by atoms with Gasteiger partial charge in [0.1, 0.15) is 12.0 Å². The van der Waals surface area contributed by atoms with Crippen LogP contribution < -0.4 is 5.32 Å². The van der Waals surface area contributed by atoms with E-state index in [1.165, 1.54) is 42.5 Å². The highest BCUT2D eigenvalue weighted by atomic mass is 19.3. The topological polar surface area (TPSA) is 29.1 Å². The van der Waals surface area contributed by atoms with Crippen molar-refractivity contribution < 1.29 is 22.4 Å². The van der Waals surface area contributed by atoms with Crippen LogP contribution in [0.15, 0.2) is 84.5 Å². The number of rotatable bonds is 9. The molecule has 0 heterocycles. The number of halogens is 4. The van der Waals surface area contributed by atoms with Crippen LogP contribution in [0.3, 0.4) is 0 Å². The average Bonchev–Trinajstić information content (AvgIpc) is 2.67. The summed E-state index contributed by atoms with van der Waals surface area (Å²) in [6, 6.07) is 5.27. The van der Waals surface area contributed by atoms with Crippen molar-refractivity contribution in [2.45, 2.75) is 31.0 Å². The van der Waals surface area contributed by atoms with E-state index in [-0.39, 0.29) is 18.4 Å². The molecule has 2 rings (SSSR count). The first-order valence-corrected chi connectivity index (χ1v) is 8.62. The second-order valence-electron chi connectivity index (χ2n) is 6.39. The van der Waals surface area contributed by atoms with Crippen LogP contribution in [0.4, 0.5) is 17.6 Å². The van der Waals surface area contributed by atoms with Crippen LogP contribution in [0, 0.1) is 5.82 Å². The molecule has 28 heavy (non-hydrogen) atoms. The summed E-state index contributed by atoms with van der Waals surface area (Å²) >= 11 is 0. The second-order valence-corrected chi connectivity index (χ2v) is 6.39. The summed E-state index contributed by atoms with van der Waals surface area (Å²) in [7, 11) is 0. The molecule has 2 atom stereocenters. The Hall–Kier alpha value is -2.89. The molecule has 1 aromatic rings. The highest BCUT2D eigenvalue weighted by Crippen LogP contribution is 2.41. The zero-order valence-electron chi connectivity index (χ0n) is 15.2. The molecule has 0 aromatic heterocycles. The molecule has 1 aliphatic rings. The van der Waals surface area contributed by atoms with Gasteiger partial charge in [0.25, 0.3) is 6.43 Å². The van der Waals surface area contributed by atoms with Gasteiger partial charge in [0, 0.05) is 18.4 Å². The van der Waals surface area contributed by atoms with Crippen molar-refractivity contribution in [3.05, 3.63) is 95.9 Å². The minimum Gasteiger partial charge on any atom is -0.345 e. The summed E-state index contributed by atoms with van der Waals surface area (Å²) in [5.74, 6) is -0.497. The molecule has 2 nitrogen and oxygen atoms in total. The highest BCUT2D eigenvalue weighted by molar-refractivity contribution is 5.56. The molecule has 0 spiro atoms. The molecular formula is C22H21F4NO. The molecule has 1 unspecified atom stereocenters. The summed E-state index contributed by atoms with van der Waals surface area (Å²) in [5.41, 5.74) is -0.476. The van der Waals surface area contributed by atoms with Gasteiger partial charge in [-0.3, -0.25) is 4.79 Å². The van der Waals surface area contributed by atoms with Crippen LogP contribution in [0.25, 0.3) is 0 Å². The second kappa shape index (κ2) is 9.35. The van der Waals surface area contributed by atoms with Crippen LogP contribution in [0.1, 0.15) is 18.4 Å². The molecule has 0 bridgehead atoms. The van der Waals surface area contributed by atoms with Gasteiger partial charge in [0.15, 0.2) is 0 Å². The van der Waals surface area contributed by atoms with Gasteiger partial charge in [0.2, 0.25) is 6.41 Å². The maximum absolute atomic E-state index is 14.3. The summed E-state index contributed by atoms with van der Waals surface area (Å²) in [5, 5.41) is 2.67. The summed E-state index contributed by atoms with van der Waals surface area (Å²) < 4.78 is 54.3. The fourth-order valence-electron chi connectivity index (χ4n) is 3.34. The van der Waals surface area contributed by atoms with E-state index < -0.39 is 29.5 Å². The van der Waals surface area contributed by atoms with Gasteiger partial charge >= 0.3 is 0 Å². The van der Waals surface area contributed by atoms with Crippen LogP contribution in [-0.4, -0.2) is 19.0 Å². The van der Waals surface area contributed by atoms with Gasteiger partial charge in [0.05, 0.1) is 5.54 Å². The lowest BCUT2D eigenvalue weighted by atomic mass is 9.73. The van der Waals surface area contributed by atoms with Crippen molar-refractivity contribution in [2.75, 3.05) is 0 Å². The van der Waals surface area contributed by atoms with Crippen molar-refractivity contribution in [1.29, 1.82) is 0 Å². The number of allylic oxidation sites excluding steroid dienone is 6. The minimum absolute atomic E-state index is 0.0992. The number of carbonyl (C=O) groups is 1. The van der Waals surface area contributed by atoms with E-state index in [9.17, 15) is 22.4 Å². The molecule has 1 aromatic carbocycles. The Morgan fingerprint density at radius 1 is 1.29 bits per heavy atom.